The van der Waals surface area contributed by atoms with Gasteiger partial charge >= 0.3 is 12.0 Å². The molecule has 0 aromatic rings. The van der Waals surface area contributed by atoms with Crippen LogP contribution in [0.15, 0.2) is 0 Å². The maximum Gasteiger partial charge on any atom is 0.320 e. The minimum absolute atomic E-state index is 0.0369. The lowest BCUT2D eigenvalue weighted by atomic mass is 10.0. The molecule has 3 atom stereocenters. The van der Waals surface area contributed by atoms with Crippen molar-refractivity contribution < 1.29 is 14.7 Å². The second-order valence-corrected chi connectivity index (χ2v) is 5.84. The van der Waals surface area contributed by atoms with E-state index in [9.17, 15) is 9.59 Å². The Balaban J connectivity index is 1.92. The van der Waals surface area contributed by atoms with Gasteiger partial charge in [0.1, 0.15) is 0 Å². The number of carbonyl (C=O) groups excluding carboxylic acids is 1. The van der Waals surface area contributed by atoms with E-state index in [1.54, 1.807) is 4.90 Å². The van der Waals surface area contributed by atoms with Crippen molar-refractivity contribution in [3.8, 4) is 0 Å². The number of carbonyl (C=O) groups is 2. The summed E-state index contributed by atoms with van der Waals surface area (Å²) in [5.41, 5.74) is 0. The van der Waals surface area contributed by atoms with Gasteiger partial charge in [0, 0.05) is 25.7 Å². The molecule has 0 spiro atoms. The normalized spacial score (nSPS) is 30.9. The maximum absolute atomic E-state index is 12.4. The summed E-state index contributed by atoms with van der Waals surface area (Å²) in [6.07, 6.45) is 4.00. The van der Waals surface area contributed by atoms with E-state index in [-0.39, 0.29) is 12.1 Å². The highest BCUT2D eigenvalue weighted by Crippen LogP contribution is 2.28. The average molecular weight is 268 g/mol. The van der Waals surface area contributed by atoms with E-state index in [1.165, 1.54) is 6.42 Å². The molecule has 0 aromatic heterocycles. The van der Waals surface area contributed by atoms with Crippen LogP contribution in [-0.4, -0.2) is 52.6 Å². The number of carboxylic acids is 1. The van der Waals surface area contributed by atoms with Crippen molar-refractivity contribution in [1.29, 1.82) is 0 Å². The van der Waals surface area contributed by atoms with Crippen LogP contribution in [0.2, 0.25) is 0 Å². The number of likely N-dealkylation sites (tertiary alicyclic amines) is 2. The predicted octanol–water partition coefficient (Wildman–Crippen LogP) is 2.02. The molecule has 3 unspecified atom stereocenters. The van der Waals surface area contributed by atoms with E-state index < -0.39 is 11.9 Å². The minimum atomic E-state index is -0.784. The number of hydrogen-bond acceptors (Lipinski definition) is 2. The first kappa shape index (κ1) is 14.2. The second kappa shape index (κ2) is 5.80. The third-order valence-electron chi connectivity index (χ3n) is 4.57. The zero-order valence-corrected chi connectivity index (χ0v) is 11.8. The fraction of sp³-hybridized carbons (Fsp3) is 0.857. The van der Waals surface area contributed by atoms with Gasteiger partial charge in [-0.2, -0.15) is 0 Å². The summed E-state index contributed by atoms with van der Waals surface area (Å²) >= 11 is 0. The Kier molecular flexibility index (Phi) is 4.32. The maximum atomic E-state index is 12.4. The van der Waals surface area contributed by atoms with E-state index in [0.717, 1.165) is 25.9 Å². The molecule has 2 aliphatic rings. The topological polar surface area (TPSA) is 60.9 Å². The molecule has 2 rings (SSSR count). The van der Waals surface area contributed by atoms with Crippen LogP contribution in [0.4, 0.5) is 4.79 Å². The van der Waals surface area contributed by atoms with Crippen LogP contribution in [0.5, 0.6) is 0 Å². The van der Waals surface area contributed by atoms with Crippen LogP contribution in [0.25, 0.3) is 0 Å². The molecular weight excluding hydrogens is 244 g/mol. The first-order chi connectivity index (χ1) is 9.04. The van der Waals surface area contributed by atoms with Crippen LogP contribution in [0, 0.1) is 11.8 Å². The van der Waals surface area contributed by atoms with Gasteiger partial charge in [0.05, 0.1) is 5.92 Å². The molecule has 19 heavy (non-hydrogen) atoms. The second-order valence-electron chi connectivity index (χ2n) is 5.84. The van der Waals surface area contributed by atoms with E-state index >= 15 is 0 Å². The highest BCUT2D eigenvalue weighted by atomic mass is 16.4. The van der Waals surface area contributed by atoms with E-state index in [1.807, 2.05) is 11.8 Å². The standard InChI is InChI=1S/C14H24N2O3/c1-3-4-11-5-7-15(9-11)14(19)16-8-6-12(10(16)2)13(17)18/h10-12H,3-9H2,1-2H3,(H,17,18). The first-order valence-corrected chi connectivity index (χ1v) is 7.33. The van der Waals surface area contributed by atoms with Gasteiger partial charge in [-0.15, -0.1) is 0 Å². The number of urea groups is 1. The summed E-state index contributed by atoms with van der Waals surface area (Å²) in [4.78, 5) is 27.2. The Morgan fingerprint density at radius 1 is 1.26 bits per heavy atom. The lowest BCUT2D eigenvalue weighted by Gasteiger charge is -2.28. The largest absolute Gasteiger partial charge is 0.481 e. The molecule has 2 saturated heterocycles. The van der Waals surface area contributed by atoms with Gasteiger partial charge in [-0.1, -0.05) is 13.3 Å². The fourth-order valence-corrected chi connectivity index (χ4v) is 3.37. The van der Waals surface area contributed by atoms with Crippen LogP contribution in [0.1, 0.15) is 39.5 Å². The van der Waals surface area contributed by atoms with Crippen LogP contribution in [0.3, 0.4) is 0 Å². The van der Waals surface area contributed by atoms with Gasteiger partial charge in [0.15, 0.2) is 0 Å². The molecule has 5 heteroatoms. The first-order valence-electron chi connectivity index (χ1n) is 7.33. The van der Waals surface area contributed by atoms with E-state index in [2.05, 4.69) is 6.92 Å². The number of aliphatic carboxylic acids is 1. The summed E-state index contributed by atoms with van der Waals surface area (Å²) in [5, 5.41) is 9.11. The van der Waals surface area contributed by atoms with Crippen molar-refractivity contribution >= 4 is 12.0 Å². The lowest BCUT2D eigenvalue weighted by molar-refractivity contribution is -0.142. The lowest BCUT2D eigenvalue weighted by Crippen LogP contribution is -2.45. The molecule has 2 fully saturated rings. The van der Waals surface area contributed by atoms with Crippen molar-refractivity contribution in [3.05, 3.63) is 0 Å². The Hall–Kier alpha value is -1.26. The summed E-state index contributed by atoms with van der Waals surface area (Å²) in [7, 11) is 0. The number of amides is 2. The average Bonchev–Trinajstić information content (AvgIpc) is 2.95. The Morgan fingerprint density at radius 3 is 2.58 bits per heavy atom. The van der Waals surface area contributed by atoms with Gasteiger partial charge in [0.2, 0.25) is 0 Å². The van der Waals surface area contributed by atoms with Gasteiger partial charge in [-0.25, -0.2) is 4.79 Å². The smallest absolute Gasteiger partial charge is 0.320 e. The molecule has 2 aliphatic heterocycles. The molecule has 0 aromatic carbocycles. The van der Waals surface area contributed by atoms with Crippen LogP contribution < -0.4 is 0 Å². The quantitative estimate of drug-likeness (QED) is 0.852. The Morgan fingerprint density at radius 2 is 2.00 bits per heavy atom. The number of hydrogen-bond donors (Lipinski definition) is 1. The van der Waals surface area contributed by atoms with Gasteiger partial charge < -0.3 is 14.9 Å². The van der Waals surface area contributed by atoms with Crippen LogP contribution >= 0.6 is 0 Å². The zero-order chi connectivity index (χ0) is 14.0. The van der Waals surface area contributed by atoms with Crippen molar-refractivity contribution in [2.75, 3.05) is 19.6 Å². The summed E-state index contributed by atoms with van der Waals surface area (Å²) in [6.45, 7) is 6.26. The SMILES string of the molecule is CCCC1CCN(C(=O)N2CCC(C(=O)O)C2C)C1. The number of carboxylic acid groups (broad SMARTS) is 1. The Labute approximate surface area is 114 Å². The molecule has 0 bridgehead atoms. The van der Waals surface area contributed by atoms with Gasteiger partial charge in [-0.05, 0) is 32.1 Å². The summed E-state index contributed by atoms with van der Waals surface area (Å²) < 4.78 is 0. The summed E-state index contributed by atoms with van der Waals surface area (Å²) in [6, 6.07) is -0.148. The van der Waals surface area contributed by atoms with E-state index in [0.29, 0.717) is 18.9 Å². The number of rotatable bonds is 3. The Bertz CT molecular complexity index is 359. The summed E-state index contributed by atoms with van der Waals surface area (Å²) in [5.74, 6) is -0.562. The van der Waals surface area contributed by atoms with Gasteiger partial charge in [0.25, 0.3) is 0 Å². The molecule has 1 N–H and O–H groups in total. The predicted molar refractivity (Wildman–Crippen MR) is 71.9 cm³/mol. The fourth-order valence-electron chi connectivity index (χ4n) is 3.37. The monoisotopic (exact) mass is 268 g/mol. The highest BCUT2D eigenvalue weighted by Gasteiger charge is 2.40. The minimum Gasteiger partial charge on any atom is -0.481 e. The third kappa shape index (κ3) is 2.85. The third-order valence-corrected chi connectivity index (χ3v) is 4.57. The molecule has 0 saturated carbocycles. The zero-order valence-electron chi connectivity index (χ0n) is 11.8. The molecule has 2 amide bonds. The van der Waals surface area contributed by atoms with Crippen molar-refractivity contribution in [2.24, 2.45) is 11.8 Å². The van der Waals surface area contributed by atoms with Crippen LogP contribution in [-0.2, 0) is 4.79 Å². The molecule has 0 radical (unpaired) electrons. The highest BCUT2D eigenvalue weighted by molar-refractivity contribution is 5.78. The molecule has 0 aliphatic carbocycles. The molecule has 2 heterocycles. The van der Waals surface area contributed by atoms with Crippen molar-refractivity contribution in [3.63, 3.8) is 0 Å². The molecular formula is C14H24N2O3. The van der Waals surface area contributed by atoms with Crippen molar-refractivity contribution in [1.82, 2.24) is 9.80 Å². The number of nitrogens with zero attached hydrogens (tertiary/aromatic N) is 2. The van der Waals surface area contributed by atoms with Gasteiger partial charge in [-0.3, -0.25) is 4.79 Å². The van der Waals surface area contributed by atoms with E-state index in [4.69, 9.17) is 5.11 Å². The molecule has 108 valence electrons. The molecule has 5 nitrogen and oxygen atoms in total. The van der Waals surface area contributed by atoms with Crippen molar-refractivity contribution in [2.45, 2.75) is 45.6 Å².